The van der Waals surface area contributed by atoms with Crippen molar-refractivity contribution in [3.63, 3.8) is 0 Å². The molecule has 0 radical (unpaired) electrons. The van der Waals surface area contributed by atoms with Crippen LogP contribution >= 0.6 is 12.4 Å². The minimum Gasteiger partial charge on any atom is -0.341 e. The van der Waals surface area contributed by atoms with E-state index in [4.69, 9.17) is 5.73 Å². The summed E-state index contributed by atoms with van der Waals surface area (Å²) >= 11 is 0. The van der Waals surface area contributed by atoms with E-state index in [1.807, 2.05) is 4.90 Å². The van der Waals surface area contributed by atoms with Gasteiger partial charge in [-0.3, -0.25) is 4.79 Å². The highest BCUT2D eigenvalue weighted by atomic mass is 35.5. The lowest BCUT2D eigenvalue weighted by Gasteiger charge is -2.27. The number of halogens is 1. The fraction of sp³-hybridized carbons (Fsp3) is 0.933. The summed E-state index contributed by atoms with van der Waals surface area (Å²) in [6.45, 7) is 6.40. The molecule has 2 rings (SSSR count). The van der Waals surface area contributed by atoms with E-state index in [0.717, 1.165) is 38.8 Å². The van der Waals surface area contributed by atoms with Crippen LogP contribution in [0.5, 0.6) is 0 Å². The lowest BCUT2D eigenvalue weighted by molar-refractivity contribution is -0.132. The Bertz CT molecular complexity index is 295. The Balaban J connectivity index is 0.00000200. The van der Waals surface area contributed by atoms with E-state index in [9.17, 15) is 4.79 Å². The van der Waals surface area contributed by atoms with Gasteiger partial charge in [-0.2, -0.15) is 0 Å². The normalized spacial score (nSPS) is 25.9. The smallest absolute Gasteiger partial charge is 0.239 e. The first-order chi connectivity index (χ1) is 9.22. The van der Waals surface area contributed by atoms with Gasteiger partial charge in [0.25, 0.3) is 0 Å². The summed E-state index contributed by atoms with van der Waals surface area (Å²) in [5.41, 5.74) is 5.96. The molecule has 2 atom stereocenters. The van der Waals surface area contributed by atoms with Crippen LogP contribution in [0.2, 0.25) is 0 Å². The van der Waals surface area contributed by atoms with Crippen molar-refractivity contribution in [1.29, 1.82) is 0 Å². The van der Waals surface area contributed by atoms with Crippen molar-refractivity contribution < 1.29 is 4.79 Å². The first-order valence-electron chi connectivity index (χ1n) is 8.00. The van der Waals surface area contributed by atoms with Gasteiger partial charge in [-0.25, -0.2) is 0 Å². The van der Waals surface area contributed by atoms with Crippen LogP contribution in [0, 0.1) is 0 Å². The zero-order valence-corrected chi connectivity index (χ0v) is 13.5. The molecule has 2 aliphatic heterocycles. The maximum Gasteiger partial charge on any atom is 0.239 e. The summed E-state index contributed by atoms with van der Waals surface area (Å²) in [6.07, 6.45) is 7.99. The average Bonchev–Trinajstić information content (AvgIpc) is 2.83. The van der Waals surface area contributed by atoms with Gasteiger partial charge in [0.15, 0.2) is 0 Å². The summed E-state index contributed by atoms with van der Waals surface area (Å²) in [7, 11) is 0. The van der Waals surface area contributed by atoms with E-state index in [2.05, 4.69) is 11.8 Å². The SMILES string of the molecule is CCCC(N)C(=O)N1CCCC(N2CCCC2)CC1.Cl. The Morgan fingerprint density at radius 1 is 1.15 bits per heavy atom. The summed E-state index contributed by atoms with van der Waals surface area (Å²) in [4.78, 5) is 16.9. The molecule has 118 valence electrons. The molecule has 0 saturated carbocycles. The second kappa shape index (κ2) is 8.85. The molecule has 0 aliphatic carbocycles. The lowest BCUT2D eigenvalue weighted by Crippen LogP contribution is -2.44. The van der Waals surface area contributed by atoms with E-state index in [-0.39, 0.29) is 24.4 Å². The molecular weight excluding hydrogens is 274 g/mol. The fourth-order valence-electron chi connectivity index (χ4n) is 3.44. The molecule has 2 heterocycles. The van der Waals surface area contributed by atoms with E-state index in [0.29, 0.717) is 6.04 Å². The maximum absolute atomic E-state index is 12.3. The number of amides is 1. The molecule has 0 aromatic carbocycles. The molecule has 20 heavy (non-hydrogen) atoms. The summed E-state index contributed by atoms with van der Waals surface area (Å²) in [6, 6.07) is 0.413. The highest BCUT2D eigenvalue weighted by molar-refractivity contribution is 5.85. The van der Waals surface area contributed by atoms with Crippen molar-refractivity contribution in [2.45, 2.75) is 64.0 Å². The molecule has 2 saturated heterocycles. The van der Waals surface area contributed by atoms with E-state index < -0.39 is 0 Å². The molecule has 2 unspecified atom stereocenters. The summed E-state index contributed by atoms with van der Waals surface area (Å²) < 4.78 is 0. The van der Waals surface area contributed by atoms with E-state index in [1.165, 1.54) is 32.4 Å². The van der Waals surface area contributed by atoms with Gasteiger partial charge < -0.3 is 15.5 Å². The van der Waals surface area contributed by atoms with Crippen LogP contribution in [0.3, 0.4) is 0 Å². The first kappa shape index (κ1) is 17.7. The number of hydrogen-bond donors (Lipinski definition) is 1. The molecule has 0 aromatic rings. The highest BCUT2D eigenvalue weighted by Crippen LogP contribution is 2.21. The van der Waals surface area contributed by atoms with Gasteiger partial charge in [-0.05, 0) is 51.6 Å². The van der Waals surface area contributed by atoms with Crippen LogP contribution in [0.1, 0.15) is 51.9 Å². The Morgan fingerprint density at radius 3 is 2.50 bits per heavy atom. The topological polar surface area (TPSA) is 49.6 Å². The summed E-state index contributed by atoms with van der Waals surface area (Å²) in [5.74, 6) is 0.170. The van der Waals surface area contributed by atoms with E-state index >= 15 is 0 Å². The van der Waals surface area contributed by atoms with Crippen molar-refractivity contribution >= 4 is 18.3 Å². The third kappa shape index (κ3) is 4.61. The highest BCUT2D eigenvalue weighted by Gasteiger charge is 2.27. The van der Waals surface area contributed by atoms with Gasteiger partial charge in [0.1, 0.15) is 0 Å². The Morgan fingerprint density at radius 2 is 1.85 bits per heavy atom. The van der Waals surface area contributed by atoms with Crippen LogP contribution in [0.4, 0.5) is 0 Å². The monoisotopic (exact) mass is 303 g/mol. The minimum absolute atomic E-state index is 0. The van der Waals surface area contributed by atoms with Crippen molar-refractivity contribution in [2.75, 3.05) is 26.2 Å². The van der Waals surface area contributed by atoms with Gasteiger partial charge in [0.05, 0.1) is 6.04 Å². The minimum atomic E-state index is -0.284. The second-order valence-corrected chi connectivity index (χ2v) is 6.05. The molecule has 1 amide bonds. The summed E-state index contributed by atoms with van der Waals surface area (Å²) in [5, 5.41) is 0. The number of nitrogens with zero attached hydrogens (tertiary/aromatic N) is 2. The van der Waals surface area contributed by atoms with Crippen LogP contribution in [-0.4, -0.2) is 54.0 Å². The largest absolute Gasteiger partial charge is 0.341 e. The third-order valence-electron chi connectivity index (χ3n) is 4.58. The Labute approximate surface area is 129 Å². The third-order valence-corrected chi connectivity index (χ3v) is 4.58. The molecule has 4 nitrogen and oxygen atoms in total. The van der Waals surface area contributed by atoms with Crippen molar-refractivity contribution in [3.8, 4) is 0 Å². The molecule has 0 spiro atoms. The van der Waals surface area contributed by atoms with Gasteiger partial charge in [0.2, 0.25) is 5.91 Å². The molecule has 2 N–H and O–H groups in total. The van der Waals surface area contributed by atoms with Gasteiger partial charge in [-0.15, -0.1) is 12.4 Å². The fourth-order valence-corrected chi connectivity index (χ4v) is 3.44. The molecule has 2 fully saturated rings. The first-order valence-corrected chi connectivity index (χ1v) is 8.00. The van der Waals surface area contributed by atoms with Gasteiger partial charge in [-0.1, -0.05) is 13.3 Å². The average molecular weight is 304 g/mol. The second-order valence-electron chi connectivity index (χ2n) is 6.05. The standard InChI is InChI=1S/C15H29N3O.ClH/c1-2-6-14(16)15(19)18-11-5-7-13(8-12-18)17-9-3-4-10-17;/h13-14H,2-12,16H2,1H3;1H. The number of carbonyl (C=O) groups is 1. The van der Waals surface area contributed by atoms with Crippen LogP contribution in [-0.2, 0) is 4.79 Å². The zero-order chi connectivity index (χ0) is 13.7. The Kier molecular flexibility index (Phi) is 7.85. The molecule has 2 aliphatic rings. The van der Waals surface area contributed by atoms with E-state index in [1.54, 1.807) is 0 Å². The number of nitrogens with two attached hydrogens (primary N) is 1. The van der Waals surface area contributed by atoms with Crippen LogP contribution in [0.25, 0.3) is 0 Å². The lowest BCUT2D eigenvalue weighted by atomic mass is 10.1. The van der Waals surface area contributed by atoms with Crippen LogP contribution in [0.15, 0.2) is 0 Å². The Hall–Kier alpha value is -0.320. The number of likely N-dealkylation sites (tertiary alicyclic amines) is 2. The van der Waals surface area contributed by atoms with Gasteiger partial charge in [0, 0.05) is 19.1 Å². The number of rotatable bonds is 4. The predicted molar refractivity (Wildman–Crippen MR) is 85.2 cm³/mol. The molecule has 5 heteroatoms. The predicted octanol–water partition coefficient (Wildman–Crippen LogP) is 2.01. The zero-order valence-electron chi connectivity index (χ0n) is 12.7. The number of carbonyl (C=O) groups excluding carboxylic acids is 1. The molecular formula is C15H30ClN3O. The van der Waals surface area contributed by atoms with Crippen molar-refractivity contribution in [3.05, 3.63) is 0 Å². The van der Waals surface area contributed by atoms with Crippen molar-refractivity contribution in [1.82, 2.24) is 9.80 Å². The van der Waals surface area contributed by atoms with Gasteiger partial charge >= 0.3 is 0 Å². The maximum atomic E-state index is 12.3. The molecule has 0 aromatic heterocycles. The number of hydrogen-bond acceptors (Lipinski definition) is 3. The van der Waals surface area contributed by atoms with Crippen LogP contribution < -0.4 is 5.73 Å². The van der Waals surface area contributed by atoms with Crippen molar-refractivity contribution in [2.24, 2.45) is 5.73 Å². The molecule has 0 bridgehead atoms. The quantitative estimate of drug-likeness (QED) is 0.864.